The van der Waals surface area contributed by atoms with E-state index in [0.29, 0.717) is 5.56 Å². The molecular weight excluding hydrogens is 452 g/mol. The highest BCUT2D eigenvalue weighted by Gasteiger charge is 2.74. The molecule has 1 fully saturated rings. The number of hydrogen-bond acceptors (Lipinski definition) is 3. The summed E-state index contributed by atoms with van der Waals surface area (Å²) in [6.45, 7) is 2.64. The molecule has 2 N–H and O–H groups in total. The second-order valence-electron chi connectivity index (χ2n) is 8.66. The van der Waals surface area contributed by atoms with Crippen molar-refractivity contribution in [2.75, 3.05) is 6.54 Å². The molecule has 10 heteroatoms. The number of nitrogens with zero attached hydrogens (tertiary/aromatic N) is 1. The van der Waals surface area contributed by atoms with Gasteiger partial charge < -0.3 is 15.1 Å². The Kier molecular flexibility index (Phi) is 6.74. The van der Waals surface area contributed by atoms with Crippen LogP contribution in [0.5, 0.6) is 0 Å². The highest BCUT2D eigenvalue weighted by Crippen LogP contribution is 2.52. The number of alkyl halides is 6. The average Bonchev–Trinajstić information content (AvgIpc) is 2.89. The Bertz CT molecular complexity index is 924. The third-order valence-electron chi connectivity index (χ3n) is 6.41. The number of carbonyl (C=O) groups excluding carboxylic acids is 1. The molecule has 1 amide bonds. The summed E-state index contributed by atoms with van der Waals surface area (Å²) in [7, 11) is 0. The molecular formula is C23H25F6NO3. The van der Waals surface area contributed by atoms with E-state index < -0.39 is 47.7 Å². The van der Waals surface area contributed by atoms with Crippen LogP contribution < -0.4 is 0 Å². The van der Waals surface area contributed by atoms with E-state index in [-0.39, 0.29) is 30.7 Å². The van der Waals surface area contributed by atoms with Crippen LogP contribution in [0.25, 0.3) is 0 Å². The fourth-order valence-electron chi connectivity index (χ4n) is 4.48. The van der Waals surface area contributed by atoms with Gasteiger partial charge in [0.15, 0.2) is 0 Å². The number of benzene rings is 1. The third-order valence-corrected chi connectivity index (χ3v) is 6.41. The number of fused-ring (bicyclic) bond motifs is 1. The number of hydrogen-bond donors (Lipinski definition) is 2. The maximum absolute atomic E-state index is 13.5. The Balaban J connectivity index is 2.04. The van der Waals surface area contributed by atoms with Gasteiger partial charge in [-0.15, -0.1) is 0 Å². The number of β-amino-alcohol motifs (C(OH)–C–C–N with tert-alkyl or cyclic N) is 1. The molecule has 182 valence electrons. The smallest absolute Gasteiger partial charge is 0.391 e. The number of allylic oxidation sites excluding steroid dienone is 2. The lowest BCUT2D eigenvalue weighted by molar-refractivity contribution is -0.383. The Morgan fingerprint density at radius 2 is 1.64 bits per heavy atom. The zero-order valence-electron chi connectivity index (χ0n) is 18.0. The van der Waals surface area contributed by atoms with Crippen molar-refractivity contribution < 1.29 is 41.4 Å². The van der Waals surface area contributed by atoms with Crippen LogP contribution in [0.2, 0.25) is 0 Å². The van der Waals surface area contributed by atoms with E-state index in [1.54, 1.807) is 37.3 Å². The highest BCUT2D eigenvalue weighted by molar-refractivity contribution is 5.85. The van der Waals surface area contributed by atoms with E-state index >= 15 is 0 Å². The fourth-order valence-corrected chi connectivity index (χ4v) is 4.48. The second-order valence-corrected chi connectivity index (χ2v) is 8.66. The lowest BCUT2D eigenvalue weighted by atomic mass is 9.73. The van der Waals surface area contributed by atoms with Crippen molar-refractivity contribution in [3.63, 3.8) is 0 Å². The van der Waals surface area contributed by atoms with Crippen molar-refractivity contribution >= 4 is 5.91 Å². The summed E-state index contributed by atoms with van der Waals surface area (Å²) in [6, 6.07) is 8.71. The van der Waals surface area contributed by atoms with Gasteiger partial charge in [0.1, 0.15) is 0 Å². The monoisotopic (exact) mass is 477 g/mol. The van der Waals surface area contributed by atoms with Gasteiger partial charge in [-0.2, -0.15) is 26.3 Å². The first-order chi connectivity index (χ1) is 15.2. The molecule has 4 nitrogen and oxygen atoms in total. The number of halogens is 6. The molecule has 1 heterocycles. The van der Waals surface area contributed by atoms with Gasteiger partial charge in [-0.05, 0) is 36.8 Å². The van der Waals surface area contributed by atoms with Gasteiger partial charge in [0, 0.05) is 11.6 Å². The van der Waals surface area contributed by atoms with E-state index in [4.69, 9.17) is 0 Å². The van der Waals surface area contributed by atoms with Crippen molar-refractivity contribution in [3.8, 4) is 0 Å². The minimum absolute atomic E-state index is 0.0362. The fraction of sp³-hybridized carbons (Fsp3) is 0.522. The normalized spacial score (nSPS) is 25.5. The predicted octanol–water partition coefficient (Wildman–Crippen LogP) is 4.71. The zero-order chi connectivity index (χ0) is 24.8. The van der Waals surface area contributed by atoms with Crippen molar-refractivity contribution in [3.05, 3.63) is 59.3 Å². The predicted molar refractivity (Wildman–Crippen MR) is 108 cm³/mol. The van der Waals surface area contributed by atoms with Crippen LogP contribution in [0.15, 0.2) is 53.8 Å². The van der Waals surface area contributed by atoms with Crippen LogP contribution in [-0.4, -0.2) is 51.6 Å². The molecule has 4 atom stereocenters. The molecule has 1 unspecified atom stereocenters. The molecule has 0 aromatic heterocycles. The molecule has 0 saturated carbocycles. The van der Waals surface area contributed by atoms with Crippen LogP contribution in [-0.2, 0) is 4.79 Å². The van der Waals surface area contributed by atoms with E-state index in [1.165, 1.54) is 4.90 Å². The maximum atomic E-state index is 13.5. The van der Waals surface area contributed by atoms with Crippen molar-refractivity contribution in [1.82, 2.24) is 4.90 Å². The van der Waals surface area contributed by atoms with Crippen LogP contribution in [0.4, 0.5) is 26.3 Å². The minimum Gasteiger partial charge on any atom is -0.391 e. The van der Waals surface area contributed by atoms with E-state index in [2.05, 4.69) is 0 Å². The van der Waals surface area contributed by atoms with Crippen LogP contribution in [0.3, 0.4) is 0 Å². The topological polar surface area (TPSA) is 60.8 Å². The SMILES string of the molecule is C[C@H](C(=O)N1C[C@@H](O)CCC2=CC(C(O)(C(F)(F)F)C(F)(F)F)[C@@H](C)C=C21)c1ccccc1. The van der Waals surface area contributed by atoms with Crippen LogP contribution in [0, 0.1) is 11.8 Å². The Hall–Kier alpha value is -2.33. The van der Waals surface area contributed by atoms with E-state index in [9.17, 15) is 41.4 Å². The molecule has 2 aliphatic rings. The zero-order valence-corrected chi connectivity index (χ0v) is 18.0. The van der Waals surface area contributed by atoms with Gasteiger partial charge in [0.2, 0.25) is 5.91 Å². The molecule has 0 radical (unpaired) electrons. The molecule has 1 saturated heterocycles. The number of aliphatic hydroxyl groups excluding tert-OH is 1. The lowest BCUT2D eigenvalue weighted by Crippen LogP contribution is -2.62. The standard InChI is InChI=1S/C23H25F6NO3/c1-13-10-19-16(11-18(13)21(33,22(24,25)26)23(27,28)29)8-9-17(31)12-30(19)20(32)14(2)15-6-4-3-5-7-15/h3-7,10-11,13-14,17-18,31,33H,8-9,12H2,1-2H3/t13-,14-,17-,18?/m0/s1. The largest absolute Gasteiger partial charge is 0.426 e. The van der Waals surface area contributed by atoms with Gasteiger partial charge in [0.05, 0.1) is 18.6 Å². The summed E-state index contributed by atoms with van der Waals surface area (Å²) in [4.78, 5) is 14.5. The van der Waals surface area contributed by atoms with Crippen molar-refractivity contribution in [2.45, 2.75) is 56.7 Å². The van der Waals surface area contributed by atoms with Gasteiger partial charge >= 0.3 is 12.4 Å². The van der Waals surface area contributed by atoms with Crippen LogP contribution in [0.1, 0.15) is 38.2 Å². The highest BCUT2D eigenvalue weighted by atomic mass is 19.4. The number of likely N-dealkylation sites (tertiary alicyclic amines) is 1. The van der Waals surface area contributed by atoms with Gasteiger partial charge in [-0.1, -0.05) is 49.4 Å². The van der Waals surface area contributed by atoms with Crippen LogP contribution >= 0.6 is 0 Å². The van der Waals surface area contributed by atoms with Gasteiger partial charge in [-0.25, -0.2) is 0 Å². The quantitative estimate of drug-likeness (QED) is 0.621. The molecule has 33 heavy (non-hydrogen) atoms. The Morgan fingerprint density at radius 1 is 1.06 bits per heavy atom. The number of rotatable bonds is 3. The van der Waals surface area contributed by atoms with Crippen molar-refractivity contribution in [1.29, 1.82) is 0 Å². The summed E-state index contributed by atoms with van der Waals surface area (Å²) in [5.41, 5.74) is -4.03. The maximum Gasteiger partial charge on any atom is 0.426 e. The second kappa shape index (κ2) is 8.79. The molecule has 1 aliphatic heterocycles. The van der Waals surface area contributed by atoms with Crippen molar-refractivity contribution in [2.24, 2.45) is 11.8 Å². The summed E-state index contributed by atoms with van der Waals surface area (Å²) in [6.07, 6.45) is -11.0. The summed E-state index contributed by atoms with van der Waals surface area (Å²) >= 11 is 0. The number of amides is 1. The summed E-state index contributed by atoms with van der Waals surface area (Å²) in [5, 5.41) is 20.3. The Morgan fingerprint density at radius 3 is 2.18 bits per heavy atom. The number of aliphatic hydroxyl groups is 2. The third kappa shape index (κ3) is 4.55. The first-order valence-electron chi connectivity index (χ1n) is 10.5. The summed E-state index contributed by atoms with van der Waals surface area (Å²) < 4.78 is 81.0. The summed E-state index contributed by atoms with van der Waals surface area (Å²) in [5.74, 6) is -4.83. The molecule has 1 aromatic carbocycles. The van der Waals surface area contributed by atoms with E-state index in [0.717, 1.165) is 19.1 Å². The molecule has 0 spiro atoms. The minimum atomic E-state index is -5.96. The van der Waals surface area contributed by atoms with Gasteiger partial charge in [-0.3, -0.25) is 4.79 Å². The average molecular weight is 477 g/mol. The first kappa shape index (κ1) is 25.3. The Labute approximate surface area is 187 Å². The number of carbonyl (C=O) groups is 1. The van der Waals surface area contributed by atoms with Gasteiger partial charge in [0.25, 0.3) is 5.60 Å². The molecule has 1 aromatic rings. The first-order valence-corrected chi connectivity index (χ1v) is 10.5. The molecule has 0 bridgehead atoms. The molecule has 3 rings (SSSR count). The van der Waals surface area contributed by atoms with E-state index in [1.807, 2.05) is 0 Å². The molecule has 1 aliphatic carbocycles. The lowest BCUT2D eigenvalue weighted by Gasteiger charge is -2.42.